The Balaban J connectivity index is 1.54. The molecular weight excluding hydrogens is 462 g/mol. The number of benzene rings is 3. The summed E-state index contributed by atoms with van der Waals surface area (Å²) in [5.41, 5.74) is 4.46. The third kappa shape index (κ3) is 4.53. The molecule has 2 heterocycles. The second kappa shape index (κ2) is 9.67. The van der Waals surface area contributed by atoms with E-state index in [2.05, 4.69) is 0 Å². The van der Waals surface area contributed by atoms with E-state index in [1.807, 2.05) is 102 Å². The van der Waals surface area contributed by atoms with Gasteiger partial charge >= 0.3 is 0 Å². The number of thioether (sulfide) groups is 1. The minimum atomic E-state index is -0.0945. The number of thiocarbonyl (C=S) groups is 1. The molecule has 0 aliphatic carbocycles. The van der Waals surface area contributed by atoms with Gasteiger partial charge in [0.25, 0.3) is 5.91 Å². The Morgan fingerprint density at radius 2 is 1.74 bits per heavy atom. The first-order valence-electron chi connectivity index (χ1n) is 10.7. The first kappa shape index (κ1) is 22.1. The summed E-state index contributed by atoms with van der Waals surface area (Å²) in [5.74, 6) is 0.648. The van der Waals surface area contributed by atoms with Crippen molar-refractivity contribution in [2.24, 2.45) is 0 Å². The molecule has 1 amide bonds. The van der Waals surface area contributed by atoms with Gasteiger partial charge in [-0.15, -0.1) is 0 Å². The SMILES string of the molecule is COc1cccc(-c2nn(-c3ccccc3)cc2/C=C2\SC(=S)N(Cc3ccccc3)C2=O)c1. The Bertz CT molecular complexity index is 1380. The molecule has 4 aromatic rings. The zero-order valence-electron chi connectivity index (χ0n) is 18.4. The molecule has 0 atom stereocenters. The lowest BCUT2D eigenvalue weighted by Crippen LogP contribution is -2.27. The van der Waals surface area contributed by atoms with Crippen LogP contribution >= 0.6 is 24.0 Å². The number of rotatable bonds is 6. The van der Waals surface area contributed by atoms with E-state index >= 15 is 0 Å². The van der Waals surface area contributed by atoms with Crippen LogP contribution in [0.2, 0.25) is 0 Å². The maximum atomic E-state index is 13.3. The molecule has 0 radical (unpaired) electrons. The van der Waals surface area contributed by atoms with Crippen LogP contribution in [0.3, 0.4) is 0 Å². The van der Waals surface area contributed by atoms with Crippen LogP contribution in [-0.4, -0.2) is 32.0 Å². The number of methoxy groups -OCH3 is 1. The monoisotopic (exact) mass is 483 g/mol. The van der Waals surface area contributed by atoms with Crippen LogP contribution in [0.5, 0.6) is 5.75 Å². The molecule has 0 N–H and O–H groups in total. The summed E-state index contributed by atoms with van der Waals surface area (Å²) >= 11 is 6.86. The van der Waals surface area contributed by atoms with Gasteiger partial charge in [0.1, 0.15) is 15.8 Å². The van der Waals surface area contributed by atoms with Gasteiger partial charge in [0.2, 0.25) is 0 Å². The van der Waals surface area contributed by atoms with E-state index in [4.69, 9.17) is 22.1 Å². The highest BCUT2D eigenvalue weighted by Crippen LogP contribution is 2.36. The number of para-hydroxylation sites is 1. The highest BCUT2D eigenvalue weighted by atomic mass is 32.2. The molecule has 0 unspecified atom stereocenters. The maximum Gasteiger partial charge on any atom is 0.266 e. The Labute approximate surface area is 207 Å². The van der Waals surface area contributed by atoms with E-state index in [0.717, 1.165) is 33.8 Å². The minimum Gasteiger partial charge on any atom is -0.497 e. The van der Waals surface area contributed by atoms with Gasteiger partial charge in [-0.3, -0.25) is 9.69 Å². The fourth-order valence-electron chi connectivity index (χ4n) is 3.74. The van der Waals surface area contributed by atoms with Crippen LogP contribution in [0.25, 0.3) is 23.0 Å². The fourth-order valence-corrected chi connectivity index (χ4v) is 4.99. The number of hydrogen-bond donors (Lipinski definition) is 0. The molecule has 1 aliphatic rings. The Morgan fingerprint density at radius 1 is 1.00 bits per heavy atom. The topological polar surface area (TPSA) is 47.4 Å². The number of hydrogen-bond acceptors (Lipinski definition) is 5. The summed E-state index contributed by atoms with van der Waals surface area (Å²) in [7, 11) is 1.64. The van der Waals surface area contributed by atoms with E-state index in [1.54, 1.807) is 12.0 Å². The van der Waals surface area contributed by atoms with Crippen LogP contribution < -0.4 is 4.74 Å². The molecule has 0 bridgehead atoms. The zero-order chi connectivity index (χ0) is 23.5. The number of aromatic nitrogens is 2. The molecule has 7 heteroatoms. The van der Waals surface area contributed by atoms with Crippen molar-refractivity contribution >= 4 is 40.3 Å². The molecule has 34 heavy (non-hydrogen) atoms. The van der Waals surface area contributed by atoms with Crippen molar-refractivity contribution in [3.63, 3.8) is 0 Å². The predicted molar refractivity (Wildman–Crippen MR) is 141 cm³/mol. The molecule has 1 aromatic heterocycles. The summed E-state index contributed by atoms with van der Waals surface area (Å²) in [6.07, 6.45) is 3.82. The van der Waals surface area contributed by atoms with Crippen LogP contribution in [0.1, 0.15) is 11.1 Å². The van der Waals surface area contributed by atoms with Crippen molar-refractivity contribution in [2.75, 3.05) is 7.11 Å². The van der Waals surface area contributed by atoms with Crippen molar-refractivity contribution in [1.29, 1.82) is 0 Å². The normalized spacial score (nSPS) is 14.7. The summed E-state index contributed by atoms with van der Waals surface area (Å²) in [4.78, 5) is 15.5. The molecular formula is C27H21N3O2S2. The number of amides is 1. The van der Waals surface area contributed by atoms with Crippen molar-refractivity contribution in [1.82, 2.24) is 14.7 Å². The number of ether oxygens (including phenoxy) is 1. The van der Waals surface area contributed by atoms with E-state index < -0.39 is 0 Å². The van der Waals surface area contributed by atoms with E-state index in [9.17, 15) is 4.79 Å². The van der Waals surface area contributed by atoms with E-state index in [-0.39, 0.29) is 5.91 Å². The summed E-state index contributed by atoms with van der Waals surface area (Å²) in [6, 6.07) is 27.5. The Hall–Kier alpha value is -3.68. The third-order valence-electron chi connectivity index (χ3n) is 5.45. The van der Waals surface area contributed by atoms with Crippen molar-refractivity contribution in [3.8, 4) is 22.7 Å². The molecule has 0 saturated carbocycles. The minimum absolute atomic E-state index is 0.0945. The number of carbonyl (C=O) groups is 1. The van der Waals surface area contributed by atoms with Gasteiger partial charge in [0, 0.05) is 17.3 Å². The average molecular weight is 484 g/mol. The maximum absolute atomic E-state index is 13.3. The molecule has 168 valence electrons. The van der Waals surface area contributed by atoms with Gasteiger partial charge in [-0.2, -0.15) is 5.10 Å². The van der Waals surface area contributed by atoms with E-state index in [1.165, 1.54) is 11.8 Å². The van der Waals surface area contributed by atoms with Crippen LogP contribution in [-0.2, 0) is 11.3 Å². The highest BCUT2D eigenvalue weighted by molar-refractivity contribution is 8.26. The Morgan fingerprint density at radius 3 is 2.47 bits per heavy atom. The highest BCUT2D eigenvalue weighted by Gasteiger charge is 2.32. The molecule has 5 nitrogen and oxygen atoms in total. The molecule has 5 rings (SSSR count). The number of nitrogens with zero attached hydrogens (tertiary/aromatic N) is 3. The van der Waals surface area contributed by atoms with Crippen LogP contribution in [0.4, 0.5) is 0 Å². The van der Waals surface area contributed by atoms with E-state index in [0.29, 0.717) is 15.8 Å². The largest absolute Gasteiger partial charge is 0.497 e. The molecule has 1 fully saturated rings. The average Bonchev–Trinajstić information content (AvgIpc) is 3.42. The van der Waals surface area contributed by atoms with Crippen molar-refractivity contribution in [3.05, 3.63) is 107 Å². The number of carbonyl (C=O) groups excluding carboxylic acids is 1. The molecule has 0 spiro atoms. The molecule has 1 aliphatic heterocycles. The van der Waals surface area contributed by atoms with Gasteiger partial charge in [0.05, 0.1) is 24.2 Å². The lowest BCUT2D eigenvalue weighted by Gasteiger charge is -2.14. The first-order valence-corrected chi connectivity index (χ1v) is 11.9. The van der Waals surface area contributed by atoms with Gasteiger partial charge in [-0.1, -0.05) is 84.6 Å². The zero-order valence-corrected chi connectivity index (χ0v) is 20.1. The second-order valence-corrected chi connectivity index (χ2v) is 9.37. The predicted octanol–water partition coefficient (Wildman–Crippen LogP) is 5.95. The summed E-state index contributed by atoms with van der Waals surface area (Å²) in [6.45, 7) is 0.453. The second-order valence-electron chi connectivity index (χ2n) is 7.70. The van der Waals surface area contributed by atoms with Gasteiger partial charge in [-0.05, 0) is 35.9 Å². The summed E-state index contributed by atoms with van der Waals surface area (Å²) in [5, 5.41) is 4.85. The van der Waals surface area contributed by atoms with Gasteiger partial charge < -0.3 is 4.74 Å². The van der Waals surface area contributed by atoms with Gasteiger partial charge in [-0.25, -0.2) is 4.68 Å². The summed E-state index contributed by atoms with van der Waals surface area (Å²) < 4.78 is 7.79. The van der Waals surface area contributed by atoms with Crippen LogP contribution in [0, 0.1) is 0 Å². The van der Waals surface area contributed by atoms with Crippen molar-refractivity contribution < 1.29 is 9.53 Å². The lowest BCUT2D eigenvalue weighted by molar-refractivity contribution is -0.122. The Kier molecular flexibility index (Phi) is 6.29. The van der Waals surface area contributed by atoms with Crippen LogP contribution in [0.15, 0.2) is 96.0 Å². The molecule has 1 saturated heterocycles. The smallest absolute Gasteiger partial charge is 0.266 e. The lowest BCUT2D eigenvalue weighted by atomic mass is 10.1. The molecule has 3 aromatic carbocycles. The quantitative estimate of drug-likeness (QED) is 0.251. The third-order valence-corrected chi connectivity index (χ3v) is 6.83. The first-order chi connectivity index (χ1) is 16.6. The fraction of sp³-hybridized carbons (Fsp3) is 0.0741. The standard InChI is InChI=1S/C27H21N3O2S2/c1-32-23-14-8-11-20(15-23)25-21(18-30(28-25)22-12-6-3-7-13-22)16-24-26(31)29(27(33)34-24)17-19-9-4-2-5-10-19/h2-16,18H,17H2,1H3/b24-16-. The van der Waals surface area contributed by atoms with Gasteiger partial charge in [0.15, 0.2) is 0 Å². The van der Waals surface area contributed by atoms with Crippen molar-refractivity contribution in [2.45, 2.75) is 6.54 Å².